The van der Waals surface area contributed by atoms with Crippen molar-refractivity contribution in [2.45, 2.75) is 6.04 Å². The van der Waals surface area contributed by atoms with Crippen LogP contribution in [-0.4, -0.2) is 46.0 Å². The van der Waals surface area contributed by atoms with E-state index in [1.165, 1.54) is 7.11 Å². The van der Waals surface area contributed by atoms with Crippen molar-refractivity contribution >= 4 is 16.9 Å². The molecule has 0 radical (unpaired) electrons. The van der Waals surface area contributed by atoms with Gasteiger partial charge in [0.1, 0.15) is 5.56 Å². The minimum atomic E-state index is -0.666. The van der Waals surface area contributed by atoms with E-state index in [9.17, 15) is 9.59 Å². The van der Waals surface area contributed by atoms with Crippen LogP contribution in [0.25, 0.3) is 11.0 Å². The molecule has 24 heavy (non-hydrogen) atoms. The largest absolute Gasteiger partial charge is 0.493 e. The maximum absolute atomic E-state index is 12.6. The number of carbonyl (C=O) groups is 1. The molecule has 1 aromatic carbocycles. The molecule has 1 aliphatic rings. The summed E-state index contributed by atoms with van der Waals surface area (Å²) in [5, 5.41) is 8.31. The molecule has 0 spiro atoms. The van der Waals surface area contributed by atoms with Crippen LogP contribution in [0.15, 0.2) is 45.9 Å². The summed E-state index contributed by atoms with van der Waals surface area (Å²) in [6, 6.07) is 6.88. The summed E-state index contributed by atoms with van der Waals surface area (Å²) >= 11 is 0. The molecule has 0 aliphatic carbocycles. The van der Waals surface area contributed by atoms with Gasteiger partial charge in [-0.2, -0.15) is 0 Å². The smallest absolute Gasteiger partial charge is 0.349 e. The van der Waals surface area contributed by atoms with Crippen molar-refractivity contribution in [1.82, 2.24) is 19.9 Å². The Hall–Kier alpha value is -3.16. The topological polar surface area (TPSA) is 90.5 Å². The number of hydrogen-bond acceptors (Lipinski definition) is 6. The lowest BCUT2D eigenvalue weighted by atomic mass is 10.1. The number of amides is 1. The van der Waals surface area contributed by atoms with Gasteiger partial charge >= 0.3 is 5.63 Å². The molecule has 0 saturated carbocycles. The van der Waals surface area contributed by atoms with Gasteiger partial charge in [0.25, 0.3) is 5.91 Å². The molecule has 2 aromatic heterocycles. The first-order valence-electron chi connectivity index (χ1n) is 7.43. The Morgan fingerprint density at radius 1 is 1.38 bits per heavy atom. The number of ether oxygens (including phenoxy) is 1. The Balaban J connectivity index is 1.61. The molecule has 4 rings (SSSR count). The normalized spacial score (nSPS) is 14.6. The summed E-state index contributed by atoms with van der Waals surface area (Å²) in [4.78, 5) is 26.3. The molecule has 3 heterocycles. The summed E-state index contributed by atoms with van der Waals surface area (Å²) in [5.41, 5.74) is -0.306. The number of methoxy groups -OCH3 is 1. The summed E-state index contributed by atoms with van der Waals surface area (Å²) in [6.45, 7) is 0.968. The highest BCUT2D eigenvalue weighted by Gasteiger charge is 2.34. The molecule has 0 N–H and O–H groups in total. The second-order valence-electron chi connectivity index (χ2n) is 5.57. The molecule has 3 aromatic rings. The summed E-state index contributed by atoms with van der Waals surface area (Å²) in [6.07, 6.45) is 3.35. The first-order valence-corrected chi connectivity index (χ1v) is 7.43. The number of para-hydroxylation sites is 1. The van der Waals surface area contributed by atoms with Gasteiger partial charge < -0.3 is 14.1 Å². The molecule has 0 bridgehead atoms. The maximum atomic E-state index is 12.6. The van der Waals surface area contributed by atoms with Gasteiger partial charge in [-0.05, 0) is 12.1 Å². The molecule has 8 nitrogen and oxygen atoms in total. The van der Waals surface area contributed by atoms with Crippen molar-refractivity contribution in [2.75, 3.05) is 20.2 Å². The highest BCUT2D eigenvalue weighted by atomic mass is 16.5. The predicted octanol–water partition coefficient (Wildman–Crippen LogP) is 1.09. The van der Waals surface area contributed by atoms with Gasteiger partial charge in [-0.25, -0.2) is 9.48 Å². The lowest BCUT2D eigenvalue weighted by molar-refractivity contribution is 0.0494. The van der Waals surface area contributed by atoms with Crippen LogP contribution in [0.2, 0.25) is 0 Å². The Morgan fingerprint density at radius 2 is 2.21 bits per heavy atom. The Bertz CT molecular complexity index is 958. The summed E-state index contributed by atoms with van der Waals surface area (Å²) < 4.78 is 12.2. The maximum Gasteiger partial charge on any atom is 0.349 e. The monoisotopic (exact) mass is 326 g/mol. The zero-order valence-electron chi connectivity index (χ0n) is 12.9. The molecule has 1 aliphatic heterocycles. The molecule has 1 amide bonds. The lowest BCUT2D eigenvalue weighted by Crippen LogP contribution is -2.51. The highest BCUT2D eigenvalue weighted by Crippen LogP contribution is 2.26. The van der Waals surface area contributed by atoms with Crippen molar-refractivity contribution in [3.63, 3.8) is 0 Å². The van der Waals surface area contributed by atoms with Gasteiger partial charge in [-0.3, -0.25) is 4.79 Å². The zero-order chi connectivity index (χ0) is 16.7. The first-order chi connectivity index (χ1) is 11.7. The van der Waals surface area contributed by atoms with E-state index < -0.39 is 5.63 Å². The van der Waals surface area contributed by atoms with Crippen LogP contribution in [0.1, 0.15) is 16.4 Å². The van der Waals surface area contributed by atoms with Crippen LogP contribution < -0.4 is 10.4 Å². The van der Waals surface area contributed by atoms with Gasteiger partial charge in [0, 0.05) is 24.7 Å². The van der Waals surface area contributed by atoms with E-state index in [1.807, 2.05) is 0 Å². The second kappa shape index (κ2) is 5.48. The SMILES string of the molecule is COc1cccc2cc(C(=O)N3CC(n4ccnn4)C3)c(=O)oc12. The standard InChI is InChI=1S/C16H14N4O4/c1-23-13-4-2-3-10-7-12(16(22)24-14(10)13)15(21)19-8-11(9-19)20-6-5-17-18-20/h2-7,11H,8-9H2,1H3. The second-order valence-corrected chi connectivity index (χ2v) is 5.57. The van der Waals surface area contributed by atoms with Gasteiger partial charge in [-0.1, -0.05) is 17.3 Å². The zero-order valence-corrected chi connectivity index (χ0v) is 12.9. The molecule has 0 unspecified atom stereocenters. The number of hydrogen-bond donors (Lipinski definition) is 0. The highest BCUT2D eigenvalue weighted by molar-refractivity contribution is 5.97. The van der Waals surface area contributed by atoms with Gasteiger partial charge in [0.05, 0.1) is 19.3 Å². The van der Waals surface area contributed by atoms with E-state index >= 15 is 0 Å². The molecule has 1 saturated heterocycles. The number of aromatic nitrogens is 3. The van der Waals surface area contributed by atoms with E-state index in [-0.39, 0.29) is 17.5 Å². The average Bonchev–Trinajstić information content (AvgIpc) is 3.06. The molecule has 1 fully saturated rings. The molecular weight excluding hydrogens is 312 g/mol. The minimum Gasteiger partial charge on any atom is -0.493 e. The lowest BCUT2D eigenvalue weighted by Gasteiger charge is -2.38. The third kappa shape index (κ3) is 2.23. The van der Waals surface area contributed by atoms with Crippen LogP contribution in [0, 0.1) is 0 Å². The van der Waals surface area contributed by atoms with Gasteiger partial charge in [0.15, 0.2) is 11.3 Å². The van der Waals surface area contributed by atoms with Crippen LogP contribution in [0.3, 0.4) is 0 Å². The third-order valence-electron chi connectivity index (χ3n) is 4.14. The fraction of sp³-hybridized carbons (Fsp3) is 0.250. The number of rotatable bonds is 3. The van der Waals surface area contributed by atoms with E-state index in [0.29, 0.717) is 29.8 Å². The van der Waals surface area contributed by atoms with Crippen LogP contribution in [-0.2, 0) is 0 Å². The third-order valence-corrected chi connectivity index (χ3v) is 4.14. The van der Waals surface area contributed by atoms with E-state index in [4.69, 9.17) is 9.15 Å². The molecule has 122 valence electrons. The van der Waals surface area contributed by atoms with Crippen molar-refractivity contribution in [1.29, 1.82) is 0 Å². The fourth-order valence-corrected chi connectivity index (χ4v) is 2.80. The Morgan fingerprint density at radius 3 is 2.92 bits per heavy atom. The molecular formula is C16H14N4O4. The van der Waals surface area contributed by atoms with Crippen molar-refractivity contribution in [3.8, 4) is 5.75 Å². The minimum absolute atomic E-state index is 0.0211. The average molecular weight is 326 g/mol. The van der Waals surface area contributed by atoms with Crippen molar-refractivity contribution in [3.05, 3.63) is 52.6 Å². The van der Waals surface area contributed by atoms with E-state index in [2.05, 4.69) is 10.3 Å². The number of likely N-dealkylation sites (tertiary alicyclic amines) is 1. The van der Waals surface area contributed by atoms with Crippen molar-refractivity contribution in [2.24, 2.45) is 0 Å². The number of carbonyl (C=O) groups excluding carboxylic acids is 1. The predicted molar refractivity (Wildman–Crippen MR) is 84.0 cm³/mol. The summed E-state index contributed by atoms with van der Waals surface area (Å²) in [5.74, 6) is 0.114. The number of benzene rings is 1. The van der Waals surface area contributed by atoms with Crippen LogP contribution >= 0.6 is 0 Å². The van der Waals surface area contributed by atoms with Crippen LogP contribution in [0.4, 0.5) is 0 Å². The Labute approximate surface area is 136 Å². The number of nitrogens with zero attached hydrogens (tertiary/aromatic N) is 4. The number of fused-ring (bicyclic) bond motifs is 1. The van der Waals surface area contributed by atoms with E-state index in [0.717, 1.165) is 0 Å². The first kappa shape index (κ1) is 14.4. The van der Waals surface area contributed by atoms with Crippen molar-refractivity contribution < 1.29 is 13.9 Å². The quantitative estimate of drug-likeness (QED) is 0.669. The van der Waals surface area contributed by atoms with Gasteiger partial charge in [-0.15, -0.1) is 5.10 Å². The van der Waals surface area contributed by atoms with Gasteiger partial charge in [0.2, 0.25) is 0 Å². The summed E-state index contributed by atoms with van der Waals surface area (Å²) in [7, 11) is 1.50. The van der Waals surface area contributed by atoms with E-state index in [1.54, 1.807) is 46.2 Å². The Kier molecular flexibility index (Phi) is 3.30. The fourth-order valence-electron chi connectivity index (χ4n) is 2.80. The molecule has 0 atom stereocenters. The van der Waals surface area contributed by atoms with Crippen LogP contribution in [0.5, 0.6) is 5.75 Å². The molecule has 8 heteroatoms.